The number of carboxylic acids is 1. The van der Waals surface area contributed by atoms with E-state index in [9.17, 15) is 14.4 Å². The first-order valence-corrected chi connectivity index (χ1v) is 10.7. The van der Waals surface area contributed by atoms with E-state index in [1.807, 2.05) is 54.6 Å². The number of benzene rings is 2. The molecule has 33 heavy (non-hydrogen) atoms. The summed E-state index contributed by atoms with van der Waals surface area (Å²) in [6.45, 7) is 1.99. The first-order chi connectivity index (χ1) is 15.9. The molecule has 1 heterocycles. The molecule has 9 heteroatoms. The monoisotopic (exact) mass is 452 g/mol. The molecule has 0 unspecified atom stereocenters. The summed E-state index contributed by atoms with van der Waals surface area (Å²) in [6, 6.07) is 16.3. The van der Waals surface area contributed by atoms with Gasteiger partial charge in [0.2, 0.25) is 5.91 Å². The maximum Gasteiger partial charge on any atom is 0.410 e. The molecule has 0 aromatic heterocycles. The van der Waals surface area contributed by atoms with Crippen LogP contribution < -0.4 is 11.2 Å². The van der Waals surface area contributed by atoms with Crippen molar-refractivity contribution in [1.82, 2.24) is 10.2 Å². The number of nitrogens with two attached hydrogens (primary N) is 1. The van der Waals surface area contributed by atoms with Crippen LogP contribution in [0.3, 0.4) is 0 Å². The number of nitrogens with one attached hydrogen (secondary N) is 1. The van der Waals surface area contributed by atoms with Gasteiger partial charge in [0.05, 0.1) is 25.1 Å². The minimum Gasteiger partial charge on any atom is -0.481 e. The first kappa shape index (κ1) is 23.8. The van der Waals surface area contributed by atoms with Gasteiger partial charge in [-0.05, 0) is 23.6 Å². The van der Waals surface area contributed by atoms with Crippen LogP contribution >= 0.6 is 0 Å². The lowest BCUT2D eigenvalue weighted by molar-refractivity contribution is -0.137. The Balaban J connectivity index is 1.77. The molecule has 3 atom stereocenters. The fraction of sp³-hybridized carbons (Fsp3) is 0.333. The van der Waals surface area contributed by atoms with E-state index in [1.54, 1.807) is 11.8 Å². The number of hydrazone groups is 1. The van der Waals surface area contributed by atoms with E-state index in [2.05, 4.69) is 10.4 Å². The van der Waals surface area contributed by atoms with Crippen molar-refractivity contribution in [3.8, 4) is 0 Å². The van der Waals surface area contributed by atoms with Crippen LogP contribution in [-0.2, 0) is 20.9 Å². The van der Waals surface area contributed by atoms with E-state index in [0.717, 1.165) is 16.7 Å². The Bertz CT molecular complexity index is 994. The van der Waals surface area contributed by atoms with Crippen LogP contribution in [0, 0.1) is 0 Å². The summed E-state index contributed by atoms with van der Waals surface area (Å²) in [4.78, 5) is 37.9. The molecule has 1 aliphatic rings. The van der Waals surface area contributed by atoms with Crippen molar-refractivity contribution in [3.05, 3.63) is 71.3 Å². The summed E-state index contributed by atoms with van der Waals surface area (Å²) >= 11 is 0. The number of nitrogens with zero attached hydrogens (tertiary/aromatic N) is 2. The van der Waals surface area contributed by atoms with Crippen molar-refractivity contribution >= 4 is 24.2 Å². The normalized spacial score (nSPS) is 19.2. The number of carboxylic acid groups (broad SMARTS) is 1. The number of carbonyl (C=O) groups is 3. The highest BCUT2D eigenvalue weighted by atomic mass is 16.6. The molecule has 1 aliphatic heterocycles. The average Bonchev–Trinajstić information content (AvgIpc) is 2.76. The summed E-state index contributed by atoms with van der Waals surface area (Å²) < 4.78 is 5.59. The van der Waals surface area contributed by atoms with Crippen LogP contribution in [0.2, 0.25) is 0 Å². The predicted molar refractivity (Wildman–Crippen MR) is 122 cm³/mol. The van der Waals surface area contributed by atoms with E-state index in [1.165, 1.54) is 6.21 Å². The molecule has 4 N–H and O–H groups in total. The number of carbonyl (C=O) groups excluding carboxylic acids is 2. The molecule has 0 saturated carbocycles. The van der Waals surface area contributed by atoms with Crippen LogP contribution in [0.1, 0.15) is 48.9 Å². The quantitative estimate of drug-likeness (QED) is 0.304. The Labute approximate surface area is 192 Å². The van der Waals surface area contributed by atoms with E-state index < -0.39 is 24.2 Å². The van der Waals surface area contributed by atoms with Gasteiger partial charge in [-0.25, -0.2) is 4.79 Å². The van der Waals surface area contributed by atoms with E-state index >= 15 is 0 Å². The van der Waals surface area contributed by atoms with Gasteiger partial charge in [-0.15, -0.1) is 0 Å². The van der Waals surface area contributed by atoms with Crippen molar-refractivity contribution in [2.75, 3.05) is 0 Å². The van der Waals surface area contributed by atoms with Crippen molar-refractivity contribution in [2.24, 2.45) is 10.9 Å². The van der Waals surface area contributed by atoms with E-state index in [-0.39, 0.29) is 24.8 Å². The van der Waals surface area contributed by atoms with Crippen molar-refractivity contribution in [3.63, 3.8) is 0 Å². The molecule has 1 fully saturated rings. The van der Waals surface area contributed by atoms with Gasteiger partial charge in [-0.1, -0.05) is 54.6 Å². The Morgan fingerprint density at radius 2 is 1.94 bits per heavy atom. The summed E-state index contributed by atoms with van der Waals surface area (Å²) in [5.74, 6) is 3.87. The highest BCUT2D eigenvalue weighted by molar-refractivity contribution is 5.80. The largest absolute Gasteiger partial charge is 0.481 e. The highest BCUT2D eigenvalue weighted by Crippen LogP contribution is 2.34. The minimum atomic E-state index is -0.994. The number of rotatable bonds is 9. The van der Waals surface area contributed by atoms with Gasteiger partial charge in [0.15, 0.2) is 0 Å². The van der Waals surface area contributed by atoms with Gasteiger partial charge < -0.3 is 21.0 Å². The topological polar surface area (TPSA) is 134 Å². The van der Waals surface area contributed by atoms with Crippen molar-refractivity contribution in [1.29, 1.82) is 0 Å². The van der Waals surface area contributed by atoms with E-state index in [4.69, 9.17) is 15.7 Å². The third kappa shape index (κ3) is 6.80. The Kier molecular flexibility index (Phi) is 8.01. The van der Waals surface area contributed by atoms with Gasteiger partial charge in [0.25, 0.3) is 0 Å². The molecule has 0 aliphatic carbocycles. The van der Waals surface area contributed by atoms with Crippen LogP contribution in [-0.4, -0.2) is 46.3 Å². The number of hydrogen-bond donors (Lipinski definition) is 3. The van der Waals surface area contributed by atoms with Gasteiger partial charge in [0, 0.05) is 19.0 Å². The lowest BCUT2D eigenvalue weighted by Gasteiger charge is -2.39. The Morgan fingerprint density at radius 3 is 2.58 bits per heavy atom. The zero-order valence-electron chi connectivity index (χ0n) is 18.4. The van der Waals surface area contributed by atoms with Crippen molar-refractivity contribution < 1.29 is 24.2 Å². The summed E-state index contributed by atoms with van der Waals surface area (Å²) in [6.07, 6.45) is 0.608. The highest BCUT2D eigenvalue weighted by Gasteiger charge is 2.37. The molecule has 0 bridgehead atoms. The molecule has 0 spiro atoms. The third-order valence-corrected chi connectivity index (χ3v) is 5.41. The SMILES string of the molecule is C[C@H](CC(=O)O)NC(=O)C[C@H]1C[C@@H](c2ccc(C=NN)cc2)N(Cc2ccccc2)C(=O)O1. The maximum absolute atomic E-state index is 13.0. The molecule has 2 aromatic carbocycles. The second-order valence-electron chi connectivity index (χ2n) is 8.09. The van der Waals surface area contributed by atoms with Crippen LogP contribution in [0.25, 0.3) is 0 Å². The van der Waals surface area contributed by atoms with Gasteiger partial charge >= 0.3 is 12.1 Å². The molecule has 2 amide bonds. The van der Waals surface area contributed by atoms with Gasteiger partial charge in [-0.2, -0.15) is 5.10 Å². The summed E-state index contributed by atoms with van der Waals surface area (Å²) in [7, 11) is 0. The average molecular weight is 453 g/mol. The zero-order chi connectivity index (χ0) is 23.8. The molecule has 9 nitrogen and oxygen atoms in total. The number of cyclic esters (lactones) is 1. The standard InChI is InChI=1S/C24H28N4O5/c1-16(11-23(30)31)27-22(29)13-20-12-21(19-9-7-17(8-10-19)14-26-25)28(24(32)33-20)15-18-5-3-2-4-6-18/h2-10,14,16,20-21H,11-13,15,25H2,1H3,(H,27,29)(H,30,31)/t16-,20-,21+/m1/s1. The second kappa shape index (κ2) is 11.1. The molecular formula is C24H28N4O5. The molecule has 174 valence electrons. The Morgan fingerprint density at radius 1 is 1.24 bits per heavy atom. The number of ether oxygens (including phenoxy) is 1. The van der Waals surface area contributed by atoms with Crippen molar-refractivity contribution in [2.45, 2.75) is 50.9 Å². The van der Waals surface area contributed by atoms with Crippen LogP contribution in [0.5, 0.6) is 0 Å². The fourth-order valence-corrected chi connectivity index (χ4v) is 3.90. The van der Waals surface area contributed by atoms with Crippen LogP contribution in [0.15, 0.2) is 59.7 Å². The van der Waals surface area contributed by atoms with Gasteiger partial charge in [-0.3, -0.25) is 14.5 Å². The zero-order valence-corrected chi connectivity index (χ0v) is 18.4. The number of aliphatic carboxylic acids is 1. The minimum absolute atomic E-state index is 0.0384. The number of hydrogen-bond acceptors (Lipinski definition) is 6. The number of amides is 2. The van der Waals surface area contributed by atoms with Crippen LogP contribution in [0.4, 0.5) is 4.79 Å². The Hall–Kier alpha value is -3.88. The maximum atomic E-state index is 13.0. The summed E-state index contributed by atoms with van der Waals surface area (Å²) in [5.41, 5.74) is 2.70. The summed E-state index contributed by atoms with van der Waals surface area (Å²) in [5, 5.41) is 15.1. The molecular weight excluding hydrogens is 424 g/mol. The second-order valence-corrected chi connectivity index (χ2v) is 8.09. The molecule has 0 radical (unpaired) electrons. The molecule has 3 rings (SSSR count). The fourth-order valence-electron chi connectivity index (χ4n) is 3.90. The predicted octanol–water partition coefficient (Wildman–Crippen LogP) is 2.80. The molecule has 1 saturated heterocycles. The van der Waals surface area contributed by atoms with E-state index in [0.29, 0.717) is 13.0 Å². The first-order valence-electron chi connectivity index (χ1n) is 10.7. The lowest BCUT2D eigenvalue weighted by Crippen LogP contribution is -2.45. The third-order valence-electron chi connectivity index (χ3n) is 5.41. The van der Waals surface area contributed by atoms with Gasteiger partial charge in [0.1, 0.15) is 6.10 Å². The molecule has 2 aromatic rings. The lowest BCUT2D eigenvalue weighted by atomic mass is 9.94. The smallest absolute Gasteiger partial charge is 0.410 e.